The van der Waals surface area contributed by atoms with Crippen molar-refractivity contribution >= 4 is 123 Å². The maximum Gasteiger partial charge on any atom is 0.244 e. The summed E-state index contributed by atoms with van der Waals surface area (Å²) < 4.78 is 54.8. The van der Waals surface area contributed by atoms with Crippen LogP contribution in [-0.4, -0.2) is 87.8 Å². The normalized spacial score (nSPS) is 15.5. The van der Waals surface area contributed by atoms with E-state index in [0.717, 1.165) is 32.8 Å². The number of aryl methyl sites for hydroxylation is 2. The lowest BCUT2D eigenvalue weighted by Crippen LogP contribution is -2.48. The maximum atomic E-state index is 13.0. The van der Waals surface area contributed by atoms with Crippen LogP contribution in [0, 0.1) is 13.8 Å². The third-order valence-electron chi connectivity index (χ3n) is 10.0. The molecule has 8 rings (SSSR count). The van der Waals surface area contributed by atoms with Crippen LogP contribution in [0.1, 0.15) is 11.1 Å². The molecule has 2 aromatic heterocycles. The van der Waals surface area contributed by atoms with Crippen molar-refractivity contribution in [2.75, 3.05) is 62.2 Å². The third-order valence-corrected chi connectivity index (χ3v) is 17.8. The highest BCUT2D eigenvalue weighted by Crippen LogP contribution is 2.35. The molecule has 2 aliphatic rings. The molecule has 6 aromatic rings. The predicted molar refractivity (Wildman–Crippen MR) is 249 cm³/mol. The molecule has 0 saturated carbocycles. The van der Waals surface area contributed by atoms with E-state index in [2.05, 4.69) is 46.8 Å². The van der Waals surface area contributed by atoms with Crippen LogP contribution in [0.3, 0.4) is 0 Å². The summed E-state index contributed by atoms with van der Waals surface area (Å²) >= 11 is 39.3. The average molecular weight is 1010 g/mol. The van der Waals surface area contributed by atoms with Crippen molar-refractivity contribution in [3.8, 4) is 22.5 Å². The Kier molecular flexibility index (Phi) is 14.3. The summed E-state index contributed by atoms with van der Waals surface area (Å²) in [7, 11) is -7.42. The standard InChI is InChI=1S/C21H21Cl2N3O2S2.C19H15Cl4N3O2S2/c1-14-3-4-16(11-15(14)2)19-13-29-21(24-19)25-7-9-26(10-8-25)30(27,28)20-12-17(22)5-6-18(20)23;20-13-2-4-15(22)18(10-13)30(27,28)26-7-5-25(6-8-26)19-24-17(11-29-19)12-1-3-14(21)16(23)9-12/h3-6,11-13H,7-10H2,1-2H3;1-4,9-11H,5-8H2. The molecule has 0 spiro atoms. The number of thiazole rings is 2. The molecule has 0 amide bonds. The molecule has 2 aliphatic heterocycles. The first-order valence-electron chi connectivity index (χ1n) is 18.4. The summed E-state index contributed by atoms with van der Waals surface area (Å²) in [5, 5.41) is 7.71. The van der Waals surface area contributed by atoms with Gasteiger partial charge in [-0.15, -0.1) is 22.7 Å². The Bertz CT molecular complexity index is 2570. The molecule has 2 fully saturated rings. The Morgan fingerprint density at radius 2 is 0.900 bits per heavy atom. The largest absolute Gasteiger partial charge is 0.345 e. The van der Waals surface area contributed by atoms with Crippen LogP contribution in [0.5, 0.6) is 0 Å². The van der Waals surface area contributed by atoms with Crippen molar-refractivity contribution in [2.45, 2.75) is 23.6 Å². The molecule has 10 nitrogen and oxygen atoms in total. The maximum absolute atomic E-state index is 13.0. The van der Waals surface area contributed by atoms with Crippen LogP contribution < -0.4 is 9.80 Å². The number of nitrogens with zero attached hydrogens (tertiary/aromatic N) is 6. The molecule has 0 bridgehead atoms. The van der Waals surface area contributed by atoms with Crippen molar-refractivity contribution < 1.29 is 16.8 Å². The van der Waals surface area contributed by atoms with Crippen molar-refractivity contribution in [3.63, 3.8) is 0 Å². The van der Waals surface area contributed by atoms with E-state index >= 15 is 0 Å². The molecular weight excluding hydrogens is 969 g/mol. The minimum atomic E-state index is -3.72. The average Bonchev–Trinajstić information content (AvgIpc) is 3.94. The van der Waals surface area contributed by atoms with Crippen molar-refractivity contribution in [1.82, 2.24) is 18.6 Å². The van der Waals surface area contributed by atoms with Crippen molar-refractivity contribution in [3.05, 3.63) is 125 Å². The van der Waals surface area contributed by atoms with Gasteiger partial charge in [-0.1, -0.05) is 87.8 Å². The van der Waals surface area contributed by atoms with E-state index in [1.54, 1.807) is 35.6 Å². The van der Waals surface area contributed by atoms with Crippen LogP contribution in [0.4, 0.5) is 10.3 Å². The molecule has 2 saturated heterocycles. The molecule has 0 radical (unpaired) electrons. The second kappa shape index (κ2) is 19.0. The molecule has 0 atom stereocenters. The highest BCUT2D eigenvalue weighted by molar-refractivity contribution is 7.89. The van der Waals surface area contributed by atoms with Gasteiger partial charge in [0, 0.05) is 84.3 Å². The van der Waals surface area contributed by atoms with Gasteiger partial charge in [0.05, 0.1) is 31.5 Å². The number of benzene rings is 4. The van der Waals surface area contributed by atoms with Gasteiger partial charge in [-0.05, 0) is 79.6 Å². The van der Waals surface area contributed by atoms with Gasteiger partial charge in [-0.2, -0.15) is 8.61 Å². The zero-order chi connectivity index (χ0) is 42.9. The monoisotopic (exact) mass is 1000 g/mol. The van der Waals surface area contributed by atoms with Crippen molar-refractivity contribution in [1.29, 1.82) is 0 Å². The first-order chi connectivity index (χ1) is 28.5. The fourth-order valence-corrected chi connectivity index (χ4v) is 12.9. The second-order valence-corrected chi connectivity index (χ2v) is 21.9. The Labute approximate surface area is 387 Å². The van der Waals surface area contributed by atoms with Gasteiger partial charge in [0.1, 0.15) is 9.79 Å². The topological polar surface area (TPSA) is 107 Å². The molecule has 60 heavy (non-hydrogen) atoms. The van der Waals surface area contributed by atoms with E-state index in [4.69, 9.17) is 74.6 Å². The van der Waals surface area contributed by atoms with Crippen LogP contribution in [0.25, 0.3) is 22.5 Å². The summed E-state index contributed by atoms with van der Waals surface area (Å²) in [6.07, 6.45) is 0. The summed E-state index contributed by atoms with van der Waals surface area (Å²) in [5.74, 6) is 0. The third kappa shape index (κ3) is 10.1. The molecule has 0 N–H and O–H groups in total. The molecule has 20 heteroatoms. The molecule has 0 unspecified atom stereocenters. The molecule has 0 aliphatic carbocycles. The van der Waals surface area contributed by atoms with Crippen LogP contribution in [0.2, 0.25) is 30.1 Å². The Morgan fingerprint density at radius 3 is 1.33 bits per heavy atom. The van der Waals surface area contributed by atoms with Gasteiger partial charge in [0.25, 0.3) is 0 Å². The van der Waals surface area contributed by atoms with Crippen LogP contribution in [-0.2, 0) is 20.0 Å². The second-order valence-electron chi connectivity index (χ2n) is 13.9. The first kappa shape index (κ1) is 45.3. The first-order valence-corrected chi connectivity index (χ1v) is 25.3. The van der Waals surface area contributed by atoms with E-state index < -0.39 is 20.0 Å². The molecular formula is C40H36Cl6N6O4S4. The quantitative estimate of drug-likeness (QED) is 0.148. The molecule has 4 heterocycles. The van der Waals surface area contributed by atoms with Gasteiger partial charge in [0.15, 0.2) is 10.3 Å². The van der Waals surface area contributed by atoms with Gasteiger partial charge in [-0.3, -0.25) is 0 Å². The predicted octanol–water partition coefficient (Wildman–Crippen LogP) is 11.2. The van der Waals surface area contributed by atoms with Gasteiger partial charge < -0.3 is 9.80 Å². The van der Waals surface area contributed by atoms with Gasteiger partial charge >= 0.3 is 0 Å². The fraction of sp³-hybridized carbons (Fsp3) is 0.250. The Morgan fingerprint density at radius 1 is 0.483 bits per heavy atom. The molecule has 4 aromatic carbocycles. The summed E-state index contributed by atoms with van der Waals surface area (Å²) in [4.78, 5) is 13.7. The fourth-order valence-electron chi connectivity index (χ4n) is 6.51. The number of sulfonamides is 2. The highest BCUT2D eigenvalue weighted by Gasteiger charge is 2.33. The van der Waals surface area contributed by atoms with E-state index in [-0.39, 0.29) is 19.8 Å². The number of aromatic nitrogens is 2. The van der Waals surface area contributed by atoms with Gasteiger partial charge in [0.2, 0.25) is 20.0 Å². The van der Waals surface area contributed by atoms with E-state index in [9.17, 15) is 16.8 Å². The number of hydrogen-bond acceptors (Lipinski definition) is 10. The van der Waals surface area contributed by atoms with E-state index in [1.807, 2.05) is 16.8 Å². The van der Waals surface area contributed by atoms with Crippen LogP contribution in [0.15, 0.2) is 93.3 Å². The number of piperazine rings is 2. The highest BCUT2D eigenvalue weighted by atomic mass is 35.5. The minimum absolute atomic E-state index is 0.0290. The minimum Gasteiger partial charge on any atom is -0.345 e. The SMILES string of the molecule is Cc1ccc(-c2csc(N3CCN(S(=O)(=O)c4cc(Cl)ccc4Cl)CC3)n2)cc1C.O=S(=O)(c1cc(Cl)ccc1Cl)N1CCN(c2nc(-c3ccc(Cl)c(Cl)c3)cs2)CC1. The Balaban J connectivity index is 0.000000181. The smallest absolute Gasteiger partial charge is 0.244 e. The number of anilines is 2. The van der Waals surface area contributed by atoms with Crippen molar-refractivity contribution in [2.24, 2.45) is 0 Å². The lowest BCUT2D eigenvalue weighted by molar-refractivity contribution is 0.384. The van der Waals surface area contributed by atoms with Gasteiger partial charge in [-0.25, -0.2) is 26.8 Å². The van der Waals surface area contributed by atoms with E-state index in [0.29, 0.717) is 72.4 Å². The van der Waals surface area contributed by atoms with Crippen LogP contribution >= 0.6 is 92.3 Å². The lowest BCUT2D eigenvalue weighted by Gasteiger charge is -2.34. The lowest BCUT2D eigenvalue weighted by atomic mass is 10.1. The summed E-state index contributed by atoms with van der Waals surface area (Å²) in [6, 6.07) is 20.7. The number of rotatable bonds is 8. The summed E-state index contributed by atoms with van der Waals surface area (Å²) in [6.45, 7) is 7.74. The number of hydrogen-bond donors (Lipinski definition) is 0. The zero-order valence-corrected chi connectivity index (χ0v) is 39.8. The Hall–Kier alpha value is -2.70. The summed E-state index contributed by atoms with van der Waals surface area (Å²) in [5.41, 5.74) is 6.21. The van der Waals surface area contributed by atoms with E-state index in [1.165, 1.54) is 55.3 Å². The molecule has 316 valence electrons. The number of halogens is 6. The zero-order valence-electron chi connectivity index (χ0n) is 32.0.